The van der Waals surface area contributed by atoms with Crippen LogP contribution in [0.1, 0.15) is 46.9 Å². The minimum absolute atomic E-state index is 0.0916. The first kappa shape index (κ1) is 22.8. The second kappa shape index (κ2) is 10.9. The number of carbonyl (C=O) groups excluding carboxylic acids is 2. The number of thiazole rings is 1. The van der Waals surface area contributed by atoms with Gasteiger partial charge in [0.2, 0.25) is 0 Å². The molecule has 0 saturated carbocycles. The Hall–Kier alpha value is -2.45. The van der Waals surface area contributed by atoms with E-state index in [9.17, 15) is 9.59 Å². The molecule has 0 bridgehead atoms. The van der Waals surface area contributed by atoms with Crippen molar-refractivity contribution in [3.63, 3.8) is 0 Å². The lowest BCUT2D eigenvalue weighted by atomic mass is 10.1. The van der Waals surface area contributed by atoms with Crippen LogP contribution in [-0.2, 0) is 11.3 Å². The number of aryl methyl sites for hydroxylation is 2. The van der Waals surface area contributed by atoms with Crippen LogP contribution in [0.15, 0.2) is 23.6 Å². The van der Waals surface area contributed by atoms with Crippen molar-refractivity contribution < 1.29 is 14.3 Å². The Morgan fingerprint density at radius 1 is 1.28 bits per heavy atom. The van der Waals surface area contributed by atoms with Crippen LogP contribution in [0.3, 0.4) is 0 Å². The summed E-state index contributed by atoms with van der Waals surface area (Å²) in [6.45, 7) is 9.03. The minimum atomic E-state index is -0.222. The number of hydrogen-bond acceptors (Lipinski definition) is 5. The van der Waals surface area contributed by atoms with Crippen molar-refractivity contribution in [2.24, 2.45) is 0 Å². The van der Waals surface area contributed by atoms with Crippen molar-refractivity contribution >= 4 is 29.0 Å². The van der Waals surface area contributed by atoms with E-state index < -0.39 is 0 Å². The number of ether oxygens (including phenoxy) is 1. The molecule has 1 heterocycles. The molecule has 0 aliphatic rings. The molecule has 3 amide bonds. The molecule has 0 aliphatic heterocycles. The van der Waals surface area contributed by atoms with Gasteiger partial charge in [-0.05, 0) is 38.3 Å². The summed E-state index contributed by atoms with van der Waals surface area (Å²) in [6.07, 6.45) is 0.853. The summed E-state index contributed by atoms with van der Waals surface area (Å²) in [6, 6.07) is 5.76. The Kier molecular flexibility index (Phi) is 8.60. The maximum atomic E-state index is 12.9. The molecular formula is C21H30N4O3S. The number of rotatable bonds is 9. The zero-order chi connectivity index (χ0) is 21.4. The van der Waals surface area contributed by atoms with Crippen LogP contribution in [0.25, 0.3) is 0 Å². The van der Waals surface area contributed by atoms with Crippen LogP contribution in [0, 0.1) is 13.8 Å². The molecule has 2 rings (SSSR count). The highest BCUT2D eigenvalue weighted by atomic mass is 32.1. The molecule has 29 heavy (non-hydrogen) atoms. The summed E-state index contributed by atoms with van der Waals surface area (Å²) in [5.74, 6) is -0.190. The van der Waals surface area contributed by atoms with E-state index >= 15 is 0 Å². The summed E-state index contributed by atoms with van der Waals surface area (Å²) in [5.41, 5.74) is 3.20. The highest BCUT2D eigenvalue weighted by Gasteiger charge is 2.19. The van der Waals surface area contributed by atoms with Crippen LogP contribution in [-0.4, -0.2) is 48.1 Å². The number of aromatic nitrogens is 1. The highest BCUT2D eigenvalue weighted by molar-refractivity contribution is 7.09. The predicted molar refractivity (Wildman–Crippen MR) is 117 cm³/mol. The molecule has 0 fully saturated rings. The lowest BCUT2D eigenvalue weighted by Gasteiger charge is -2.23. The fraction of sp³-hybridized carbons (Fsp3) is 0.476. The van der Waals surface area contributed by atoms with Crippen LogP contribution >= 0.6 is 11.3 Å². The van der Waals surface area contributed by atoms with E-state index in [-0.39, 0.29) is 18.0 Å². The van der Waals surface area contributed by atoms with Gasteiger partial charge in [-0.2, -0.15) is 0 Å². The van der Waals surface area contributed by atoms with Crippen LogP contribution < -0.4 is 10.6 Å². The average molecular weight is 419 g/mol. The van der Waals surface area contributed by atoms with Gasteiger partial charge in [-0.15, -0.1) is 11.3 Å². The molecule has 158 valence electrons. The zero-order valence-electron chi connectivity index (χ0n) is 17.7. The summed E-state index contributed by atoms with van der Waals surface area (Å²) >= 11 is 1.37. The molecular weight excluding hydrogens is 388 g/mol. The molecule has 0 aliphatic carbocycles. The summed E-state index contributed by atoms with van der Waals surface area (Å²) in [5, 5.41) is 8.34. The summed E-state index contributed by atoms with van der Waals surface area (Å²) < 4.78 is 5.15. The molecule has 1 aromatic carbocycles. The molecule has 1 aromatic heterocycles. The van der Waals surface area contributed by atoms with E-state index in [2.05, 4.69) is 15.6 Å². The lowest BCUT2D eigenvalue weighted by molar-refractivity contribution is 0.0934. The fourth-order valence-corrected chi connectivity index (χ4v) is 3.49. The number of nitrogens with one attached hydrogen (secondary N) is 2. The number of urea groups is 1. The molecule has 2 aromatic rings. The maximum absolute atomic E-state index is 12.9. The van der Waals surface area contributed by atoms with Gasteiger partial charge >= 0.3 is 6.03 Å². The number of benzene rings is 1. The van der Waals surface area contributed by atoms with E-state index in [4.69, 9.17) is 4.74 Å². The van der Waals surface area contributed by atoms with Gasteiger partial charge in [0.1, 0.15) is 10.7 Å². The monoisotopic (exact) mass is 418 g/mol. The van der Waals surface area contributed by atoms with Crippen LogP contribution in [0.5, 0.6) is 0 Å². The van der Waals surface area contributed by atoms with Gasteiger partial charge in [0, 0.05) is 30.8 Å². The van der Waals surface area contributed by atoms with Gasteiger partial charge in [0.15, 0.2) is 0 Å². The third kappa shape index (κ3) is 6.54. The minimum Gasteiger partial charge on any atom is -0.383 e. The first-order valence-electron chi connectivity index (χ1n) is 9.72. The first-order chi connectivity index (χ1) is 13.8. The maximum Gasteiger partial charge on any atom is 0.322 e. The van der Waals surface area contributed by atoms with Crippen LogP contribution in [0.4, 0.5) is 10.5 Å². The summed E-state index contributed by atoms with van der Waals surface area (Å²) in [4.78, 5) is 31.2. The second-order valence-electron chi connectivity index (χ2n) is 7.02. The number of nitrogens with zero attached hydrogens (tertiary/aromatic N) is 2. The Morgan fingerprint density at radius 2 is 1.97 bits per heavy atom. The molecule has 0 radical (unpaired) electrons. The van der Waals surface area contributed by atoms with E-state index in [1.807, 2.05) is 45.9 Å². The van der Waals surface area contributed by atoms with Crippen LogP contribution in [0.2, 0.25) is 0 Å². The number of carbonyl (C=O) groups is 2. The van der Waals surface area contributed by atoms with Crippen molar-refractivity contribution in [1.29, 1.82) is 0 Å². The molecule has 0 saturated heterocycles. The van der Waals surface area contributed by atoms with Crippen molar-refractivity contribution in [2.45, 2.75) is 46.7 Å². The molecule has 0 spiro atoms. The smallest absolute Gasteiger partial charge is 0.322 e. The van der Waals surface area contributed by atoms with E-state index in [1.54, 1.807) is 17.4 Å². The van der Waals surface area contributed by atoms with Gasteiger partial charge in [0.05, 0.1) is 13.2 Å². The van der Waals surface area contributed by atoms with Crippen molar-refractivity contribution in [2.75, 3.05) is 25.6 Å². The van der Waals surface area contributed by atoms with Crippen molar-refractivity contribution in [1.82, 2.24) is 15.2 Å². The largest absolute Gasteiger partial charge is 0.383 e. The SMILES string of the molecule is CC[C@@H](C)NC(=O)c1csc(CN(CCOC)C(=O)Nc2c(C)cccc2C)n1. The molecule has 0 unspecified atom stereocenters. The molecule has 7 nitrogen and oxygen atoms in total. The van der Waals surface area contributed by atoms with Crippen molar-refractivity contribution in [3.05, 3.63) is 45.4 Å². The molecule has 1 atom stereocenters. The number of methoxy groups -OCH3 is 1. The van der Waals surface area contributed by atoms with Gasteiger partial charge < -0.3 is 20.3 Å². The second-order valence-corrected chi connectivity index (χ2v) is 7.96. The number of amides is 3. The van der Waals surface area contributed by atoms with E-state index in [0.717, 1.165) is 23.2 Å². The van der Waals surface area contributed by atoms with Gasteiger partial charge in [-0.1, -0.05) is 25.1 Å². The standard InChI is InChI=1S/C21H30N4O3S/c1-6-16(4)22-20(26)17-13-29-18(23-17)12-25(10-11-28-5)21(27)24-19-14(2)8-7-9-15(19)3/h7-9,13,16H,6,10-12H2,1-5H3,(H,22,26)(H,24,27)/t16-/m1/s1. The lowest BCUT2D eigenvalue weighted by Crippen LogP contribution is -2.37. The average Bonchev–Trinajstić information content (AvgIpc) is 3.16. The third-order valence-electron chi connectivity index (χ3n) is 4.67. The highest BCUT2D eigenvalue weighted by Crippen LogP contribution is 2.21. The van der Waals surface area contributed by atoms with Gasteiger partial charge in [-0.25, -0.2) is 9.78 Å². The predicted octanol–water partition coefficient (Wildman–Crippen LogP) is 3.97. The fourth-order valence-electron chi connectivity index (χ4n) is 2.70. The first-order valence-corrected chi connectivity index (χ1v) is 10.6. The number of anilines is 1. The topological polar surface area (TPSA) is 83.6 Å². The Labute approximate surface area is 176 Å². The normalized spacial score (nSPS) is 11.8. The Bertz CT molecular complexity index is 817. The third-order valence-corrected chi connectivity index (χ3v) is 5.50. The summed E-state index contributed by atoms with van der Waals surface area (Å²) in [7, 11) is 1.60. The molecule has 8 heteroatoms. The van der Waals surface area contributed by atoms with E-state index in [0.29, 0.717) is 30.4 Å². The van der Waals surface area contributed by atoms with E-state index in [1.165, 1.54) is 11.3 Å². The van der Waals surface area contributed by atoms with Gasteiger partial charge in [-0.3, -0.25) is 4.79 Å². The molecule has 2 N–H and O–H groups in total. The van der Waals surface area contributed by atoms with Crippen molar-refractivity contribution in [3.8, 4) is 0 Å². The zero-order valence-corrected chi connectivity index (χ0v) is 18.6. The Morgan fingerprint density at radius 3 is 2.59 bits per heavy atom. The quantitative estimate of drug-likeness (QED) is 0.645. The Balaban J connectivity index is 2.10. The van der Waals surface area contributed by atoms with Gasteiger partial charge in [0.25, 0.3) is 5.91 Å². The number of hydrogen-bond donors (Lipinski definition) is 2. The number of para-hydroxylation sites is 1.